The second-order valence-electron chi connectivity index (χ2n) is 6.75. The summed E-state index contributed by atoms with van der Waals surface area (Å²) in [6.07, 6.45) is 1.97. The number of nitrogens with two attached hydrogens (primary N) is 1. The Labute approximate surface area is 171 Å². The zero-order valence-electron chi connectivity index (χ0n) is 16.8. The van der Waals surface area contributed by atoms with Crippen LogP contribution in [-0.4, -0.2) is 42.4 Å². The van der Waals surface area contributed by atoms with E-state index in [1.165, 1.54) is 11.3 Å². The van der Waals surface area contributed by atoms with Crippen LogP contribution in [0.15, 0.2) is 36.4 Å². The summed E-state index contributed by atoms with van der Waals surface area (Å²) >= 11 is 1.18. The van der Waals surface area contributed by atoms with Crippen LogP contribution in [0.2, 0.25) is 0 Å². The van der Waals surface area contributed by atoms with E-state index in [1.807, 2.05) is 13.0 Å². The molecule has 0 saturated carbocycles. The van der Waals surface area contributed by atoms with E-state index in [1.54, 1.807) is 30.3 Å². The molecule has 1 heterocycles. The second kappa shape index (κ2) is 10.8. The van der Waals surface area contributed by atoms with Crippen molar-refractivity contribution in [2.24, 2.45) is 0 Å². The van der Waals surface area contributed by atoms with Gasteiger partial charge in [-0.2, -0.15) is 0 Å². The molecule has 28 heavy (non-hydrogen) atoms. The van der Waals surface area contributed by atoms with Crippen LogP contribution in [0.5, 0.6) is 0 Å². The van der Waals surface area contributed by atoms with Gasteiger partial charge in [0.25, 0.3) is 11.8 Å². The van der Waals surface area contributed by atoms with Gasteiger partial charge in [0, 0.05) is 6.04 Å². The van der Waals surface area contributed by atoms with Crippen LogP contribution in [0.4, 0.5) is 11.4 Å². The van der Waals surface area contributed by atoms with Crippen LogP contribution in [0, 0.1) is 0 Å². The lowest BCUT2D eigenvalue weighted by Crippen LogP contribution is -2.33. The van der Waals surface area contributed by atoms with Gasteiger partial charge >= 0.3 is 0 Å². The molecule has 2 rings (SSSR count). The van der Waals surface area contributed by atoms with E-state index >= 15 is 0 Å². The number of amides is 2. The summed E-state index contributed by atoms with van der Waals surface area (Å²) in [6.45, 7) is 9.47. The van der Waals surface area contributed by atoms with Gasteiger partial charge in [-0.05, 0) is 63.7 Å². The predicted molar refractivity (Wildman–Crippen MR) is 117 cm³/mol. The van der Waals surface area contributed by atoms with Crippen molar-refractivity contribution >= 4 is 34.5 Å². The molecule has 1 aromatic heterocycles. The van der Waals surface area contributed by atoms with Gasteiger partial charge in [0.05, 0.1) is 21.1 Å². The van der Waals surface area contributed by atoms with Crippen molar-refractivity contribution in [2.45, 2.75) is 39.7 Å². The maximum atomic E-state index is 12.5. The topological polar surface area (TPSA) is 87.5 Å². The van der Waals surface area contributed by atoms with Gasteiger partial charge in [0.1, 0.15) is 0 Å². The molecule has 0 spiro atoms. The first-order valence-corrected chi connectivity index (χ1v) is 10.5. The second-order valence-corrected chi connectivity index (χ2v) is 7.83. The number of anilines is 2. The predicted octanol–water partition coefficient (Wildman–Crippen LogP) is 3.82. The molecule has 1 aromatic carbocycles. The zero-order valence-corrected chi connectivity index (χ0v) is 17.6. The van der Waals surface area contributed by atoms with E-state index in [0.717, 1.165) is 32.5 Å². The van der Waals surface area contributed by atoms with Gasteiger partial charge in [0.15, 0.2) is 0 Å². The summed E-state index contributed by atoms with van der Waals surface area (Å²) in [5, 5.41) is 5.80. The maximum Gasteiger partial charge on any atom is 0.265 e. The van der Waals surface area contributed by atoms with Crippen molar-refractivity contribution in [3.05, 3.63) is 46.2 Å². The summed E-state index contributed by atoms with van der Waals surface area (Å²) < 4.78 is 0. The first-order chi connectivity index (χ1) is 13.4. The number of hydrogen-bond acceptors (Lipinski definition) is 5. The molecule has 0 bridgehead atoms. The van der Waals surface area contributed by atoms with Crippen LogP contribution in [0.25, 0.3) is 0 Å². The average molecular weight is 403 g/mol. The molecular formula is C21H30N4O2S. The van der Waals surface area contributed by atoms with Crippen LogP contribution in [0.1, 0.15) is 53.0 Å². The maximum absolute atomic E-state index is 12.5. The highest BCUT2D eigenvalue weighted by Crippen LogP contribution is 2.21. The average Bonchev–Trinajstić information content (AvgIpc) is 3.17. The molecule has 6 nitrogen and oxygen atoms in total. The summed E-state index contributed by atoms with van der Waals surface area (Å²) in [4.78, 5) is 28.2. The molecule has 0 radical (unpaired) electrons. The lowest BCUT2D eigenvalue weighted by molar-refractivity contribution is 0.0941. The standard InChI is InChI=1S/C21H30N4O2S/c1-4-25(5-2)14-8-9-15(3)23-20(26)18-12-13-19(28-18)21(27)24-17-11-7-6-10-16(17)22/h6-7,10-13,15H,4-5,8-9,14,22H2,1-3H3,(H,23,26)(H,24,27). The van der Waals surface area contributed by atoms with Gasteiger partial charge in [-0.25, -0.2) is 0 Å². The minimum absolute atomic E-state index is 0.0894. The van der Waals surface area contributed by atoms with Crippen LogP contribution >= 0.6 is 11.3 Å². The van der Waals surface area contributed by atoms with Gasteiger partial charge in [-0.3, -0.25) is 9.59 Å². The van der Waals surface area contributed by atoms with Crippen LogP contribution in [-0.2, 0) is 0 Å². The van der Waals surface area contributed by atoms with E-state index in [2.05, 4.69) is 29.4 Å². The summed E-state index contributed by atoms with van der Waals surface area (Å²) in [6, 6.07) is 10.5. The fraction of sp³-hybridized carbons (Fsp3) is 0.429. The molecular weight excluding hydrogens is 372 g/mol. The largest absolute Gasteiger partial charge is 0.397 e. The van der Waals surface area contributed by atoms with E-state index in [-0.39, 0.29) is 17.9 Å². The third-order valence-electron chi connectivity index (χ3n) is 4.65. The molecule has 4 N–H and O–H groups in total. The Bertz CT molecular complexity index is 786. The molecule has 152 valence electrons. The molecule has 2 amide bonds. The number of carbonyl (C=O) groups is 2. The van der Waals surface area contributed by atoms with E-state index in [9.17, 15) is 9.59 Å². The highest BCUT2D eigenvalue weighted by atomic mass is 32.1. The van der Waals surface area contributed by atoms with Crippen molar-refractivity contribution in [2.75, 3.05) is 30.7 Å². The van der Waals surface area contributed by atoms with Crippen molar-refractivity contribution < 1.29 is 9.59 Å². The van der Waals surface area contributed by atoms with Gasteiger partial charge in [-0.1, -0.05) is 26.0 Å². The molecule has 7 heteroatoms. The molecule has 1 unspecified atom stereocenters. The van der Waals surface area contributed by atoms with Crippen LogP contribution in [0.3, 0.4) is 0 Å². The number of carbonyl (C=O) groups excluding carboxylic acids is 2. The van der Waals surface area contributed by atoms with Crippen molar-refractivity contribution in [1.29, 1.82) is 0 Å². The first-order valence-electron chi connectivity index (χ1n) is 9.73. The molecule has 0 aliphatic heterocycles. The fourth-order valence-corrected chi connectivity index (χ4v) is 3.71. The smallest absolute Gasteiger partial charge is 0.265 e. The Hall–Kier alpha value is -2.38. The molecule has 1 atom stereocenters. The minimum Gasteiger partial charge on any atom is -0.397 e. The Morgan fingerprint density at radius 2 is 1.71 bits per heavy atom. The van der Waals surface area contributed by atoms with Crippen molar-refractivity contribution in [1.82, 2.24) is 10.2 Å². The number of nitrogens with zero attached hydrogens (tertiary/aromatic N) is 1. The third-order valence-corrected chi connectivity index (χ3v) is 5.73. The van der Waals surface area contributed by atoms with Gasteiger partial charge < -0.3 is 21.3 Å². The quantitative estimate of drug-likeness (QED) is 0.527. The highest BCUT2D eigenvalue weighted by Gasteiger charge is 2.16. The fourth-order valence-electron chi connectivity index (χ4n) is 2.90. The Morgan fingerprint density at radius 3 is 2.36 bits per heavy atom. The Kier molecular flexibility index (Phi) is 8.47. The first kappa shape index (κ1) is 21.9. The normalized spacial score (nSPS) is 12.0. The van der Waals surface area contributed by atoms with Crippen molar-refractivity contribution in [3.8, 4) is 0 Å². The number of hydrogen-bond donors (Lipinski definition) is 3. The van der Waals surface area contributed by atoms with Gasteiger partial charge in [0.2, 0.25) is 0 Å². The lowest BCUT2D eigenvalue weighted by atomic mass is 10.1. The molecule has 0 saturated heterocycles. The number of thiophene rings is 1. The Balaban J connectivity index is 1.86. The van der Waals surface area contributed by atoms with E-state index in [0.29, 0.717) is 21.1 Å². The SMILES string of the molecule is CCN(CC)CCCC(C)NC(=O)c1ccc(C(=O)Nc2ccccc2N)s1. The monoisotopic (exact) mass is 402 g/mol. The number of para-hydroxylation sites is 2. The summed E-state index contributed by atoms with van der Waals surface area (Å²) in [5.41, 5.74) is 6.92. The number of nitrogen functional groups attached to an aromatic ring is 1. The van der Waals surface area contributed by atoms with Crippen LogP contribution < -0.4 is 16.4 Å². The molecule has 2 aromatic rings. The number of benzene rings is 1. The number of nitrogens with one attached hydrogen (secondary N) is 2. The molecule has 0 fully saturated rings. The van der Waals surface area contributed by atoms with Gasteiger partial charge in [-0.15, -0.1) is 11.3 Å². The third kappa shape index (κ3) is 6.35. The lowest BCUT2D eigenvalue weighted by Gasteiger charge is -2.19. The highest BCUT2D eigenvalue weighted by molar-refractivity contribution is 7.16. The number of rotatable bonds is 10. The molecule has 0 aliphatic carbocycles. The Morgan fingerprint density at radius 1 is 1.07 bits per heavy atom. The summed E-state index contributed by atoms with van der Waals surface area (Å²) in [5.74, 6) is -0.409. The zero-order chi connectivity index (χ0) is 20.5. The van der Waals surface area contributed by atoms with E-state index in [4.69, 9.17) is 5.73 Å². The summed E-state index contributed by atoms with van der Waals surface area (Å²) in [7, 11) is 0. The van der Waals surface area contributed by atoms with E-state index < -0.39 is 0 Å². The minimum atomic E-state index is -0.269. The molecule has 0 aliphatic rings. The van der Waals surface area contributed by atoms with Crippen molar-refractivity contribution in [3.63, 3.8) is 0 Å².